The summed E-state index contributed by atoms with van der Waals surface area (Å²) < 4.78 is 0. The molecule has 1 aliphatic rings. The summed E-state index contributed by atoms with van der Waals surface area (Å²) in [7, 11) is 0. The van der Waals surface area contributed by atoms with Gasteiger partial charge in [0, 0.05) is 6.54 Å². The van der Waals surface area contributed by atoms with Crippen LogP contribution in [0.1, 0.15) is 61.3 Å². The summed E-state index contributed by atoms with van der Waals surface area (Å²) >= 11 is 24.2. The van der Waals surface area contributed by atoms with Crippen molar-refractivity contribution < 1.29 is 9.59 Å². The van der Waals surface area contributed by atoms with Crippen LogP contribution in [0, 0.1) is 11.3 Å². The summed E-state index contributed by atoms with van der Waals surface area (Å²) in [6.45, 7) is 8.90. The van der Waals surface area contributed by atoms with Crippen molar-refractivity contribution in [2.24, 2.45) is 11.3 Å². The van der Waals surface area contributed by atoms with Crippen molar-refractivity contribution in [3.63, 3.8) is 0 Å². The Hall–Kier alpha value is -0.480. The number of nitrogens with zero attached hydrogens (tertiary/aromatic N) is 1. The molecule has 0 spiro atoms. The Kier molecular flexibility index (Phi) is 5.81. The van der Waals surface area contributed by atoms with Crippen molar-refractivity contribution in [2.75, 3.05) is 6.54 Å². The molecule has 132 valence electrons. The van der Waals surface area contributed by atoms with Gasteiger partial charge < -0.3 is 0 Å². The van der Waals surface area contributed by atoms with E-state index in [1.54, 1.807) is 0 Å². The normalized spacial score (nSPS) is 15.9. The van der Waals surface area contributed by atoms with Crippen molar-refractivity contribution >= 4 is 58.2 Å². The van der Waals surface area contributed by atoms with Crippen LogP contribution in [-0.2, 0) is 0 Å². The smallest absolute Gasteiger partial charge is 0.263 e. The van der Waals surface area contributed by atoms with Crippen LogP contribution in [0.2, 0.25) is 20.1 Å². The summed E-state index contributed by atoms with van der Waals surface area (Å²) in [4.78, 5) is 26.4. The molecule has 2 rings (SSSR count). The maximum absolute atomic E-state index is 12.6. The van der Waals surface area contributed by atoms with E-state index in [0.29, 0.717) is 18.9 Å². The van der Waals surface area contributed by atoms with Crippen molar-refractivity contribution in [3.8, 4) is 0 Å². The van der Waals surface area contributed by atoms with Crippen molar-refractivity contribution in [1.29, 1.82) is 0 Å². The fraction of sp³-hybridized carbons (Fsp3) is 0.529. The summed E-state index contributed by atoms with van der Waals surface area (Å²) in [5.74, 6) is -0.570. The Morgan fingerprint density at radius 2 is 1.29 bits per heavy atom. The van der Waals surface area contributed by atoms with E-state index in [2.05, 4.69) is 27.7 Å². The molecule has 0 radical (unpaired) electrons. The lowest BCUT2D eigenvalue weighted by molar-refractivity contribution is 0.0644. The Labute approximate surface area is 162 Å². The molecule has 1 unspecified atom stereocenters. The predicted molar refractivity (Wildman–Crippen MR) is 99.7 cm³/mol. The second kappa shape index (κ2) is 7.03. The molecule has 0 aromatic heterocycles. The number of rotatable bonds is 4. The van der Waals surface area contributed by atoms with Gasteiger partial charge >= 0.3 is 0 Å². The Balaban J connectivity index is 2.25. The molecule has 7 heteroatoms. The van der Waals surface area contributed by atoms with Crippen LogP contribution in [0.25, 0.3) is 0 Å². The van der Waals surface area contributed by atoms with Gasteiger partial charge in [0.1, 0.15) is 0 Å². The average molecular weight is 411 g/mol. The van der Waals surface area contributed by atoms with E-state index in [1.165, 1.54) is 4.90 Å². The topological polar surface area (TPSA) is 37.4 Å². The molecule has 1 aromatic rings. The first-order valence-electron chi connectivity index (χ1n) is 7.68. The second-order valence-corrected chi connectivity index (χ2v) is 8.94. The Bertz CT molecular complexity index is 663. The minimum atomic E-state index is -0.469. The first-order valence-corrected chi connectivity index (χ1v) is 9.19. The number of carbonyl (C=O) groups is 2. The maximum atomic E-state index is 12.6. The largest absolute Gasteiger partial charge is 0.274 e. The number of hydrogen-bond donors (Lipinski definition) is 0. The molecule has 2 amide bonds. The Morgan fingerprint density at radius 3 is 1.67 bits per heavy atom. The molecule has 0 N–H and O–H groups in total. The lowest BCUT2D eigenvalue weighted by Crippen LogP contribution is -2.32. The highest BCUT2D eigenvalue weighted by Crippen LogP contribution is 2.44. The number of halogens is 4. The lowest BCUT2D eigenvalue weighted by atomic mass is 9.84. The highest BCUT2D eigenvalue weighted by Gasteiger charge is 2.41. The second-order valence-electron chi connectivity index (χ2n) is 7.43. The number of amides is 2. The number of carbonyl (C=O) groups excluding carboxylic acids is 2. The molecule has 0 saturated carbocycles. The van der Waals surface area contributed by atoms with E-state index >= 15 is 0 Å². The van der Waals surface area contributed by atoms with E-state index in [4.69, 9.17) is 46.4 Å². The Morgan fingerprint density at radius 1 is 0.875 bits per heavy atom. The van der Waals surface area contributed by atoms with Crippen LogP contribution >= 0.6 is 46.4 Å². The third kappa shape index (κ3) is 3.70. The van der Waals surface area contributed by atoms with E-state index in [0.717, 1.165) is 6.42 Å². The SMILES string of the molecule is CC(CCN1C(=O)c2c(Cl)c(Cl)c(Cl)c(Cl)c2C1=O)CC(C)(C)C. The molecule has 0 saturated heterocycles. The number of imide groups is 1. The summed E-state index contributed by atoms with van der Waals surface area (Å²) in [6, 6.07) is 0. The van der Waals surface area contributed by atoms with Gasteiger partial charge in [-0.3, -0.25) is 14.5 Å². The molecule has 3 nitrogen and oxygen atoms in total. The van der Waals surface area contributed by atoms with E-state index in [-0.39, 0.29) is 36.6 Å². The fourth-order valence-electron chi connectivity index (χ4n) is 3.10. The zero-order chi connectivity index (χ0) is 18.4. The fourth-order valence-corrected chi connectivity index (χ4v) is 4.11. The van der Waals surface area contributed by atoms with Crippen LogP contribution in [0.4, 0.5) is 0 Å². The predicted octanol–water partition coefficient (Wildman–Crippen LogP) is 6.36. The average Bonchev–Trinajstić information content (AvgIpc) is 2.70. The van der Waals surface area contributed by atoms with Gasteiger partial charge in [0.2, 0.25) is 0 Å². The lowest BCUT2D eigenvalue weighted by Gasteiger charge is -2.24. The van der Waals surface area contributed by atoms with E-state index in [9.17, 15) is 9.59 Å². The van der Waals surface area contributed by atoms with E-state index in [1.807, 2.05) is 0 Å². The maximum Gasteiger partial charge on any atom is 0.263 e. The molecule has 1 aromatic carbocycles. The highest BCUT2D eigenvalue weighted by molar-refractivity contribution is 6.55. The van der Waals surface area contributed by atoms with Gasteiger partial charge in [-0.25, -0.2) is 0 Å². The van der Waals surface area contributed by atoms with Crippen molar-refractivity contribution in [2.45, 2.75) is 40.5 Å². The first kappa shape index (κ1) is 19.8. The van der Waals surface area contributed by atoms with Gasteiger partial charge in [0.15, 0.2) is 0 Å². The number of hydrogen-bond acceptors (Lipinski definition) is 2. The number of benzene rings is 1. The van der Waals surface area contributed by atoms with Crippen LogP contribution < -0.4 is 0 Å². The first-order chi connectivity index (χ1) is 11.0. The molecule has 0 bridgehead atoms. The molecule has 1 aliphatic heterocycles. The van der Waals surface area contributed by atoms with Crippen LogP contribution in [-0.4, -0.2) is 23.3 Å². The quantitative estimate of drug-likeness (QED) is 0.329. The minimum absolute atomic E-state index is 0.00816. The van der Waals surface area contributed by atoms with Gasteiger partial charge in [-0.1, -0.05) is 74.1 Å². The van der Waals surface area contributed by atoms with Gasteiger partial charge in [-0.2, -0.15) is 0 Å². The van der Waals surface area contributed by atoms with Gasteiger partial charge in [-0.05, 0) is 24.2 Å². The van der Waals surface area contributed by atoms with E-state index < -0.39 is 11.8 Å². The third-order valence-corrected chi connectivity index (χ3v) is 5.79. The highest BCUT2D eigenvalue weighted by atomic mass is 35.5. The third-order valence-electron chi connectivity index (χ3n) is 3.99. The molecule has 0 aliphatic carbocycles. The molecule has 24 heavy (non-hydrogen) atoms. The summed E-state index contributed by atoms with van der Waals surface area (Å²) in [5.41, 5.74) is 0.281. The van der Waals surface area contributed by atoms with Gasteiger partial charge in [0.05, 0.1) is 31.2 Å². The standard InChI is InChI=1S/C17H19Cl4NO2/c1-8(7-17(2,3)4)5-6-22-15(23)9-10(16(22)24)12(19)14(21)13(20)11(9)18/h8H,5-7H2,1-4H3. The van der Waals surface area contributed by atoms with Crippen LogP contribution in [0.5, 0.6) is 0 Å². The van der Waals surface area contributed by atoms with Crippen molar-refractivity contribution in [1.82, 2.24) is 4.90 Å². The molecular weight excluding hydrogens is 392 g/mol. The number of fused-ring (bicyclic) bond motifs is 1. The zero-order valence-corrected chi connectivity index (χ0v) is 17.0. The van der Waals surface area contributed by atoms with Crippen LogP contribution in [0.15, 0.2) is 0 Å². The zero-order valence-electron chi connectivity index (χ0n) is 14.0. The molecule has 1 atom stereocenters. The van der Waals surface area contributed by atoms with Crippen molar-refractivity contribution in [3.05, 3.63) is 31.2 Å². The monoisotopic (exact) mass is 409 g/mol. The molecule has 0 fully saturated rings. The molecule has 1 heterocycles. The summed E-state index contributed by atoms with van der Waals surface area (Å²) in [6.07, 6.45) is 1.70. The van der Waals surface area contributed by atoms with Crippen LogP contribution in [0.3, 0.4) is 0 Å². The van der Waals surface area contributed by atoms with Gasteiger partial charge in [0.25, 0.3) is 11.8 Å². The summed E-state index contributed by atoms with van der Waals surface area (Å²) in [5, 5.41) is -0.0633. The minimum Gasteiger partial charge on any atom is -0.274 e. The van der Waals surface area contributed by atoms with Gasteiger partial charge in [-0.15, -0.1) is 0 Å². The molecular formula is C17H19Cl4NO2.